The van der Waals surface area contributed by atoms with Gasteiger partial charge in [0, 0.05) is 23.9 Å². The molecule has 0 atom stereocenters. The largest absolute Gasteiger partial charge is 0.348 e. The molecule has 0 spiro atoms. The Labute approximate surface area is 146 Å². The zero-order chi connectivity index (χ0) is 18.6. The number of benzene rings is 1. The minimum atomic E-state index is -3.24. The van der Waals surface area contributed by atoms with Crippen LogP contribution < -0.4 is 10.9 Å². The van der Waals surface area contributed by atoms with E-state index in [9.17, 15) is 18.0 Å². The lowest BCUT2D eigenvalue weighted by Crippen LogP contribution is -2.29. The molecule has 0 saturated carbocycles. The highest BCUT2D eigenvalue weighted by Gasteiger charge is 2.11. The summed E-state index contributed by atoms with van der Waals surface area (Å²) in [5.41, 5.74) is 3.23. The first-order valence-electron chi connectivity index (χ1n) is 7.63. The summed E-state index contributed by atoms with van der Waals surface area (Å²) in [6.45, 7) is 4.01. The fourth-order valence-corrected chi connectivity index (χ4v) is 2.65. The van der Waals surface area contributed by atoms with E-state index < -0.39 is 21.3 Å². The van der Waals surface area contributed by atoms with E-state index in [1.807, 2.05) is 32.0 Å². The normalized spacial score (nSPS) is 11.6. The molecule has 0 saturated heterocycles. The molecule has 0 radical (unpaired) electrons. The van der Waals surface area contributed by atoms with Crippen molar-refractivity contribution < 1.29 is 13.2 Å². The van der Waals surface area contributed by atoms with Crippen molar-refractivity contribution in [2.24, 2.45) is 0 Å². The molecule has 6 nitrogen and oxygen atoms in total. The first kappa shape index (κ1) is 18.7. The van der Waals surface area contributed by atoms with Crippen molar-refractivity contribution in [3.63, 3.8) is 0 Å². The van der Waals surface area contributed by atoms with E-state index in [-0.39, 0.29) is 12.1 Å². The number of hydrogen-bond acceptors (Lipinski definition) is 4. The Morgan fingerprint density at radius 2 is 1.88 bits per heavy atom. The minimum Gasteiger partial charge on any atom is -0.348 e. The average molecular weight is 360 g/mol. The van der Waals surface area contributed by atoms with Gasteiger partial charge >= 0.3 is 0 Å². The molecule has 0 unspecified atom stereocenters. The second-order valence-electron chi connectivity index (χ2n) is 5.83. The summed E-state index contributed by atoms with van der Waals surface area (Å²) >= 11 is 0. The lowest BCUT2D eigenvalue weighted by Gasteiger charge is -2.07. The Hall–Kier alpha value is -2.67. The van der Waals surface area contributed by atoms with Gasteiger partial charge in [0.2, 0.25) is 0 Å². The van der Waals surface area contributed by atoms with E-state index in [2.05, 4.69) is 10.3 Å². The van der Waals surface area contributed by atoms with Crippen LogP contribution in [0.15, 0.2) is 46.6 Å². The summed E-state index contributed by atoms with van der Waals surface area (Å²) in [5, 5.41) is 3.48. The fraction of sp³-hybridized carbons (Fsp3) is 0.222. The number of nitrogens with one attached hydrogen (secondary N) is 2. The van der Waals surface area contributed by atoms with Crippen LogP contribution in [0.3, 0.4) is 0 Å². The van der Waals surface area contributed by atoms with Gasteiger partial charge in [-0.3, -0.25) is 9.59 Å². The summed E-state index contributed by atoms with van der Waals surface area (Å²) in [5.74, 6) is -0.564. The highest BCUT2D eigenvalue weighted by molar-refractivity contribution is 7.93. The maximum atomic E-state index is 12.2. The van der Waals surface area contributed by atoms with Crippen LogP contribution >= 0.6 is 0 Å². The van der Waals surface area contributed by atoms with Crippen LogP contribution in [0.25, 0.3) is 11.3 Å². The van der Waals surface area contributed by atoms with E-state index in [1.54, 1.807) is 6.07 Å². The van der Waals surface area contributed by atoms with Gasteiger partial charge in [-0.25, -0.2) is 8.42 Å². The molecule has 132 valence electrons. The number of carbonyl (C=O) groups excluding carboxylic acids is 1. The number of hydrogen-bond donors (Lipinski definition) is 2. The molecule has 2 rings (SSSR count). The van der Waals surface area contributed by atoms with Gasteiger partial charge in [-0.05, 0) is 48.7 Å². The summed E-state index contributed by atoms with van der Waals surface area (Å²) in [4.78, 5) is 26.9. The van der Waals surface area contributed by atoms with Gasteiger partial charge in [0.05, 0.1) is 0 Å². The molecule has 25 heavy (non-hydrogen) atoms. The Balaban J connectivity index is 2.16. The lowest BCUT2D eigenvalue weighted by molar-refractivity contribution is 0.0956. The molecule has 2 aromatic rings. The van der Waals surface area contributed by atoms with Crippen molar-refractivity contribution in [3.8, 4) is 11.3 Å². The van der Waals surface area contributed by atoms with Gasteiger partial charge in [-0.2, -0.15) is 0 Å². The number of H-pyrrole nitrogens is 1. The molecule has 1 heterocycles. The van der Waals surface area contributed by atoms with Crippen molar-refractivity contribution in [3.05, 3.63) is 68.9 Å². The Kier molecular flexibility index (Phi) is 5.58. The zero-order valence-corrected chi connectivity index (χ0v) is 15.1. The molecule has 7 heteroatoms. The van der Waals surface area contributed by atoms with Crippen LogP contribution in [0.5, 0.6) is 0 Å². The fourth-order valence-electron chi connectivity index (χ4n) is 2.20. The second kappa shape index (κ2) is 7.48. The summed E-state index contributed by atoms with van der Waals surface area (Å²) in [6.07, 6.45) is 2.37. The highest BCUT2D eigenvalue weighted by atomic mass is 32.2. The van der Waals surface area contributed by atoms with Crippen LogP contribution in [-0.4, -0.2) is 32.1 Å². The van der Waals surface area contributed by atoms with Crippen molar-refractivity contribution in [2.75, 3.05) is 12.8 Å². The molecule has 1 aromatic heterocycles. The highest BCUT2D eigenvalue weighted by Crippen LogP contribution is 2.19. The number of aromatic nitrogens is 1. The topological polar surface area (TPSA) is 96.1 Å². The Morgan fingerprint density at radius 1 is 1.16 bits per heavy atom. The maximum absolute atomic E-state index is 12.2. The summed E-state index contributed by atoms with van der Waals surface area (Å²) < 4.78 is 21.9. The molecule has 0 aliphatic carbocycles. The Bertz CT molecular complexity index is 988. The van der Waals surface area contributed by atoms with Gasteiger partial charge in [-0.1, -0.05) is 18.2 Å². The smallest absolute Gasteiger partial charge is 0.261 e. The van der Waals surface area contributed by atoms with E-state index >= 15 is 0 Å². The standard InChI is InChI=1S/C18H20N2O4S/c1-12-5-6-14(11-13(12)2)16-8-7-15(18(22)20-16)17(21)19-9-4-10-25(3,23)24/h4-8,10-11H,9H2,1-3H3,(H,19,21)(H,20,22)/b10-4+. The number of rotatable bonds is 5. The molecular weight excluding hydrogens is 340 g/mol. The Morgan fingerprint density at radius 3 is 2.48 bits per heavy atom. The van der Waals surface area contributed by atoms with Crippen molar-refractivity contribution >= 4 is 15.7 Å². The predicted octanol–water partition coefficient (Wildman–Crippen LogP) is 1.95. The molecule has 1 aromatic carbocycles. The van der Waals surface area contributed by atoms with Gasteiger partial charge < -0.3 is 10.3 Å². The summed E-state index contributed by atoms with van der Waals surface area (Å²) in [7, 11) is -3.24. The number of aromatic amines is 1. The summed E-state index contributed by atoms with van der Waals surface area (Å²) in [6, 6.07) is 8.98. The van der Waals surface area contributed by atoms with Crippen LogP contribution in [0.2, 0.25) is 0 Å². The third kappa shape index (κ3) is 5.15. The van der Waals surface area contributed by atoms with Crippen LogP contribution in [0.1, 0.15) is 21.5 Å². The maximum Gasteiger partial charge on any atom is 0.261 e. The molecule has 2 N–H and O–H groups in total. The molecule has 1 amide bonds. The minimum absolute atomic E-state index is 0.0181. The predicted molar refractivity (Wildman–Crippen MR) is 98.3 cm³/mol. The van der Waals surface area contributed by atoms with Crippen molar-refractivity contribution in [2.45, 2.75) is 13.8 Å². The van der Waals surface area contributed by atoms with E-state index in [0.29, 0.717) is 5.69 Å². The number of carbonyl (C=O) groups is 1. The van der Waals surface area contributed by atoms with Crippen LogP contribution in [0, 0.1) is 13.8 Å². The van der Waals surface area contributed by atoms with E-state index in [0.717, 1.165) is 28.4 Å². The molecular formula is C18H20N2O4S. The number of pyridine rings is 1. The van der Waals surface area contributed by atoms with Crippen LogP contribution in [0.4, 0.5) is 0 Å². The molecule has 0 fully saturated rings. The lowest BCUT2D eigenvalue weighted by atomic mass is 10.0. The second-order valence-corrected chi connectivity index (χ2v) is 7.76. The zero-order valence-electron chi connectivity index (χ0n) is 14.3. The van der Waals surface area contributed by atoms with E-state index in [1.165, 1.54) is 12.1 Å². The first-order chi connectivity index (χ1) is 11.7. The van der Waals surface area contributed by atoms with Crippen LogP contribution in [-0.2, 0) is 9.84 Å². The van der Waals surface area contributed by atoms with Gasteiger partial charge in [0.25, 0.3) is 11.5 Å². The number of aryl methyl sites for hydroxylation is 2. The molecule has 0 aliphatic heterocycles. The third-order valence-electron chi connectivity index (χ3n) is 3.70. The molecule has 0 aliphatic rings. The average Bonchev–Trinajstić information content (AvgIpc) is 2.53. The number of sulfone groups is 1. The van der Waals surface area contributed by atoms with Gasteiger partial charge in [-0.15, -0.1) is 0 Å². The van der Waals surface area contributed by atoms with Crippen molar-refractivity contribution in [1.29, 1.82) is 0 Å². The van der Waals surface area contributed by atoms with Crippen molar-refractivity contribution in [1.82, 2.24) is 10.3 Å². The van der Waals surface area contributed by atoms with Gasteiger partial charge in [0.15, 0.2) is 9.84 Å². The first-order valence-corrected chi connectivity index (χ1v) is 9.58. The van der Waals surface area contributed by atoms with E-state index in [4.69, 9.17) is 0 Å². The monoisotopic (exact) mass is 360 g/mol. The third-order valence-corrected chi connectivity index (χ3v) is 4.38. The SMILES string of the molecule is Cc1ccc(-c2ccc(C(=O)NC/C=C/S(C)(=O)=O)c(=O)[nH]2)cc1C. The number of amides is 1. The quantitative estimate of drug-likeness (QED) is 0.852. The molecule has 0 bridgehead atoms. The van der Waals surface area contributed by atoms with Gasteiger partial charge in [0.1, 0.15) is 5.56 Å².